The van der Waals surface area contributed by atoms with Gasteiger partial charge in [0.05, 0.1) is 19.3 Å². The smallest absolute Gasteiger partial charge is 0.232 e. The van der Waals surface area contributed by atoms with Crippen LogP contribution in [-0.2, 0) is 21.4 Å². The van der Waals surface area contributed by atoms with Crippen molar-refractivity contribution in [3.8, 4) is 0 Å². The minimum Gasteiger partial charge on any atom is -0.379 e. The summed E-state index contributed by atoms with van der Waals surface area (Å²) < 4.78 is 16.4. The van der Waals surface area contributed by atoms with Crippen LogP contribution in [0.3, 0.4) is 0 Å². The first-order valence-corrected chi connectivity index (χ1v) is 8.96. The van der Waals surface area contributed by atoms with Gasteiger partial charge in [-0.05, 0) is 19.3 Å². The SMILES string of the molecule is CN=C(NCCCOCC1CCCO1)NCc1noc(C(C)(C)C)n1.I. The standard InChI is InChI=1S/C17H31N5O3.HI/c1-17(2,3)15-21-14(22-25-15)11-20-16(18-4)19-8-6-9-23-12-13-7-5-10-24-13;/h13H,5-12H2,1-4H3,(H2,18,19,20);1H. The highest BCUT2D eigenvalue weighted by atomic mass is 127. The molecule has 2 N–H and O–H groups in total. The predicted molar refractivity (Wildman–Crippen MR) is 111 cm³/mol. The molecule has 1 aromatic rings. The van der Waals surface area contributed by atoms with E-state index in [2.05, 4.69) is 25.8 Å². The van der Waals surface area contributed by atoms with Gasteiger partial charge >= 0.3 is 0 Å². The first-order chi connectivity index (χ1) is 12.0. The molecule has 2 heterocycles. The average Bonchev–Trinajstić information content (AvgIpc) is 3.24. The molecule has 9 heteroatoms. The average molecular weight is 481 g/mol. The first kappa shape index (κ1) is 23.1. The van der Waals surface area contributed by atoms with Crippen LogP contribution in [0.2, 0.25) is 0 Å². The number of halogens is 1. The molecule has 2 rings (SSSR count). The quantitative estimate of drug-likeness (QED) is 0.255. The molecule has 0 aliphatic carbocycles. The van der Waals surface area contributed by atoms with Crippen molar-refractivity contribution in [2.24, 2.45) is 4.99 Å². The molecular formula is C17H32IN5O3. The minimum atomic E-state index is -0.144. The van der Waals surface area contributed by atoms with Crippen LogP contribution in [-0.4, -0.2) is 55.6 Å². The van der Waals surface area contributed by atoms with Crippen LogP contribution >= 0.6 is 24.0 Å². The summed E-state index contributed by atoms with van der Waals surface area (Å²) in [4.78, 5) is 8.58. The number of nitrogens with zero attached hydrogens (tertiary/aromatic N) is 3. The van der Waals surface area contributed by atoms with Gasteiger partial charge in [-0.25, -0.2) is 0 Å². The van der Waals surface area contributed by atoms with Crippen molar-refractivity contribution in [2.45, 2.75) is 58.1 Å². The van der Waals surface area contributed by atoms with Crippen molar-refractivity contribution in [1.29, 1.82) is 0 Å². The van der Waals surface area contributed by atoms with Gasteiger partial charge in [0, 0.05) is 32.2 Å². The summed E-state index contributed by atoms with van der Waals surface area (Å²) in [5, 5.41) is 10.4. The number of hydrogen-bond acceptors (Lipinski definition) is 6. The fraction of sp³-hybridized carbons (Fsp3) is 0.824. The number of rotatable bonds is 8. The summed E-state index contributed by atoms with van der Waals surface area (Å²) in [6.45, 7) is 9.65. The van der Waals surface area contributed by atoms with Gasteiger partial charge in [-0.15, -0.1) is 24.0 Å². The molecule has 1 unspecified atom stereocenters. The number of aromatic nitrogens is 2. The second-order valence-electron chi connectivity index (χ2n) is 7.18. The van der Waals surface area contributed by atoms with Crippen LogP contribution in [0.5, 0.6) is 0 Å². The third-order valence-electron chi connectivity index (χ3n) is 3.83. The largest absolute Gasteiger partial charge is 0.379 e. The summed E-state index contributed by atoms with van der Waals surface area (Å²) in [5.74, 6) is 1.96. The highest BCUT2D eigenvalue weighted by Gasteiger charge is 2.21. The highest BCUT2D eigenvalue weighted by Crippen LogP contribution is 2.19. The Labute approximate surface area is 172 Å². The second-order valence-corrected chi connectivity index (χ2v) is 7.18. The van der Waals surface area contributed by atoms with Gasteiger partial charge in [-0.1, -0.05) is 25.9 Å². The van der Waals surface area contributed by atoms with Gasteiger partial charge in [0.2, 0.25) is 5.89 Å². The lowest BCUT2D eigenvalue weighted by atomic mass is 9.97. The topological polar surface area (TPSA) is 93.8 Å². The molecule has 8 nitrogen and oxygen atoms in total. The number of hydrogen-bond donors (Lipinski definition) is 2. The first-order valence-electron chi connectivity index (χ1n) is 8.96. The third kappa shape index (κ3) is 8.17. The van der Waals surface area contributed by atoms with Crippen LogP contribution in [0.15, 0.2) is 9.52 Å². The van der Waals surface area contributed by atoms with Crippen molar-refractivity contribution >= 4 is 29.9 Å². The summed E-state index contributed by atoms with van der Waals surface area (Å²) in [6.07, 6.45) is 3.45. The number of ether oxygens (including phenoxy) is 2. The van der Waals surface area contributed by atoms with E-state index in [0.29, 0.717) is 37.4 Å². The summed E-state index contributed by atoms with van der Waals surface area (Å²) in [7, 11) is 1.74. The Morgan fingerprint density at radius 3 is 2.77 bits per heavy atom. The lowest BCUT2D eigenvalue weighted by Crippen LogP contribution is -2.37. The molecule has 0 spiro atoms. The van der Waals surface area contributed by atoms with Gasteiger partial charge in [-0.3, -0.25) is 4.99 Å². The zero-order valence-electron chi connectivity index (χ0n) is 16.2. The molecule has 1 aromatic heterocycles. The molecule has 0 amide bonds. The molecule has 1 aliphatic rings. The van der Waals surface area contributed by atoms with Crippen LogP contribution < -0.4 is 10.6 Å². The monoisotopic (exact) mass is 481 g/mol. The number of nitrogens with one attached hydrogen (secondary N) is 2. The molecule has 0 aromatic carbocycles. The van der Waals surface area contributed by atoms with Crippen molar-refractivity contribution < 1.29 is 14.0 Å². The Morgan fingerprint density at radius 2 is 2.15 bits per heavy atom. The van der Waals surface area contributed by atoms with E-state index >= 15 is 0 Å². The van der Waals surface area contributed by atoms with Crippen LogP contribution in [0, 0.1) is 0 Å². The fourth-order valence-electron chi connectivity index (χ4n) is 2.39. The Morgan fingerprint density at radius 1 is 1.35 bits per heavy atom. The van der Waals surface area contributed by atoms with Crippen molar-refractivity contribution in [3.05, 3.63) is 11.7 Å². The maximum atomic E-state index is 5.64. The van der Waals surface area contributed by atoms with E-state index in [4.69, 9.17) is 14.0 Å². The van der Waals surface area contributed by atoms with E-state index in [-0.39, 0.29) is 35.5 Å². The third-order valence-corrected chi connectivity index (χ3v) is 3.83. The minimum absolute atomic E-state index is 0. The summed E-state index contributed by atoms with van der Waals surface area (Å²) >= 11 is 0. The molecule has 1 aliphatic heterocycles. The van der Waals surface area contributed by atoms with Gasteiger partial charge in [0.25, 0.3) is 0 Å². The van der Waals surface area contributed by atoms with Crippen LogP contribution in [0.4, 0.5) is 0 Å². The van der Waals surface area contributed by atoms with E-state index in [1.54, 1.807) is 7.05 Å². The lowest BCUT2D eigenvalue weighted by Gasteiger charge is -2.12. The Kier molecular flexibility index (Phi) is 10.4. The zero-order chi connectivity index (χ0) is 18.1. The fourth-order valence-corrected chi connectivity index (χ4v) is 2.39. The molecular weight excluding hydrogens is 449 g/mol. The summed E-state index contributed by atoms with van der Waals surface area (Å²) in [5.41, 5.74) is -0.144. The molecule has 0 radical (unpaired) electrons. The van der Waals surface area contributed by atoms with Gasteiger partial charge in [0.1, 0.15) is 0 Å². The predicted octanol–water partition coefficient (Wildman–Crippen LogP) is 2.24. The van der Waals surface area contributed by atoms with E-state index in [9.17, 15) is 0 Å². The maximum Gasteiger partial charge on any atom is 0.232 e. The molecule has 0 saturated carbocycles. The van der Waals surface area contributed by atoms with Crippen LogP contribution in [0.25, 0.3) is 0 Å². The molecule has 1 fully saturated rings. The maximum absolute atomic E-state index is 5.64. The van der Waals surface area contributed by atoms with Crippen LogP contribution in [0.1, 0.15) is 51.7 Å². The van der Waals surface area contributed by atoms with E-state index in [1.165, 1.54) is 0 Å². The van der Waals surface area contributed by atoms with E-state index in [1.807, 2.05) is 20.8 Å². The molecule has 0 bridgehead atoms. The van der Waals surface area contributed by atoms with Crippen molar-refractivity contribution in [1.82, 2.24) is 20.8 Å². The van der Waals surface area contributed by atoms with Gasteiger partial charge in [0.15, 0.2) is 11.8 Å². The second kappa shape index (κ2) is 11.7. The Balaban J connectivity index is 0.00000338. The molecule has 1 atom stereocenters. The van der Waals surface area contributed by atoms with E-state index < -0.39 is 0 Å². The Bertz CT molecular complexity index is 539. The number of guanidine groups is 1. The molecule has 1 saturated heterocycles. The van der Waals surface area contributed by atoms with Crippen molar-refractivity contribution in [3.63, 3.8) is 0 Å². The highest BCUT2D eigenvalue weighted by molar-refractivity contribution is 14.0. The molecule has 26 heavy (non-hydrogen) atoms. The van der Waals surface area contributed by atoms with Gasteiger partial charge in [-0.2, -0.15) is 4.98 Å². The van der Waals surface area contributed by atoms with Crippen molar-refractivity contribution in [2.75, 3.05) is 33.4 Å². The van der Waals surface area contributed by atoms with E-state index in [0.717, 1.165) is 32.4 Å². The Hall–Kier alpha value is -0.940. The normalized spacial score (nSPS) is 17.8. The zero-order valence-corrected chi connectivity index (χ0v) is 18.5. The molecule has 150 valence electrons. The summed E-state index contributed by atoms with van der Waals surface area (Å²) in [6, 6.07) is 0. The van der Waals surface area contributed by atoms with Gasteiger partial charge < -0.3 is 24.6 Å². The lowest BCUT2D eigenvalue weighted by molar-refractivity contribution is 0.0168. The number of aliphatic imine (C=N–C) groups is 1.